The van der Waals surface area contributed by atoms with E-state index in [4.69, 9.17) is 14.0 Å². The number of hydrogen-bond donors (Lipinski definition) is 2. The highest BCUT2D eigenvalue weighted by Gasteiger charge is 2.40. The van der Waals surface area contributed by atoms with Crippen molar-refractivity contribution in [2.24, 2.45) is 0 Å². The van der Waals surface area contributed by atoms with Crippen LogP contribution in [0.5, 0.6) is 0 Å². The van der Waals surface area contributed by atoms with E-state index in [9.17, 15) is 23.8 Å². The molecule has 2 aromatic carbocycles. The van der Waals surface area contributed by atoms with Crippen molar-refractivity contribution in [2.75, 3.05) is 19.3 Å². The van der Waals surface area contributed by atoms with Crippen LogP contribution in [-0.2, 0) is 41.2 Å². The maximum absolute atomic E-state index is 13.7. The molecule has 10 nitrogen and oxygen atoms in total. The molecule has 0 spiro atoms. The first-order valence-corrected chi connectivity index (χ1v) is 17.2. The normalized spacial score (nSPS) is 17.0. The molecule has 0 bridgehead atoms. The monoisotopic (exact) mass is 630 g/mol. The highest BCUT2D eigenvalue weighted by atomic mass is 31.2. The van der Waals surface area contributed by atoms with Gasteiger partial charge in [0.25, 0.3) is 5.91 Å². The zero-order chi connectivity index (χ0) is 32.0. The molecule has 0 radical (unpaired) electrons. The number of hydrogen-bond acceptors (Lipinski definition) is 7. The molecule has 0 aliphatic carbocycles. The molecule has 1 unspecified atom stereocenters. The van der Waals surface area contributed by atoms with E-state index in [0.29, 0.717) is 51.6 Å². The van der Waals surface area contributed by atoms with Gasteiger partial charge in [0.1, 0.15) is 24.4 Å². The van der Waals surface area contributed by atoms with E-state index in [1.807, 2.05) is 60.7 Å². The van der Waals surface area contributed by atoms with Crippen LogP contribution in [0.3, 0.4) is 0 Å². The summed E-state index contributed by atoms with van der Waals surface area (Å²) in [6.45, 7) is 6.06. The van der Waals surface area contributed by atoms with Crippen molar-refractivity contribution in [3.05, 3.63) is 71.8 Å². The van der Waals surface area contributed by atoms with Gasteiger partial charge in [-0.2, -0.15) is 0 Å². The second-order valence-electron chi connectivity index (χ2n) is 12.1. The Kier molecular flexibility index (Phi) is 13.9. The molecular formula is C33H47N2O8P. The van der Waals surface area contributed by atoms with Crippen molar-refractivity contribution in [2.45, 2.75) is 96.5 Å². The Morgan fingerprint density at radius 3 is 2.30 bits per heavy atom. The Balaban J connectivity index is 1.59. The first kappa shape index (κ1) is 35.3. The predicted molar refractivity (Wildman–Crippen MR) is 168 cm³/mol. The Labute approximate surface area is 261 Å². The lowest BCUT2D eigenvalue weighted by Gasteiger charge is -2.29. The summed E-state index contributed by atoms with van der Waals surface area (Å²) in [4.78, 5) is 50.8. The number of unbranched alkanes of at least 4 members (excludes halogenated alkanes) is 2. The van der Waals surface area contributed by atoms with Gasteiger partial charge in [-0.25, -0.2) is 9.59 Å². The number of carbonyl (C=O) groups is 3. The summed E-state index contributed by atoms with van der Waals surface area (Å²) < 4.78 is 29.6. The van der Waals surface area contributed by atoms with Crippen molar-refractivity contribution in [1.82, 2.24) is 10.2 Å². The lowest BCUT2D eigenvalue weighted by atomic mass is 10.1. The van der Waals surface area contributed by atoms with Crippen LogP contribution in [0.2, 0.25) is 0 Å². The van der Waals surface area contributed by atoms with Crippen LogP contribution in [0.15, 0.2) is 60.7 Å². The summed E-state index contributed by atoms with van der Waals surface area (Å²) in [5, 5.41) is 2.68. The van der Waals surface area contributed by atoms with E-state index in [2.05, 4.69) is 5.32 Å². The molecule has 2 N–H and O–H groups in total. The number of aryl methyl sites for hydroxylation is 1. The summed E-state index contributed by atoms with van der Waals surface area (Å²) in [5.74, 6) is -1.00. The largest absolute Gasteiger partial charge is 0.459 e. The van der Waals surface area contributed by atoms with E-state index in [1.165, 1.54) is 4.90 Å². The number of nitrogens with one attached hydrogen (secondary N) is 1. The fourth-order valence-corrected chi connectivity index (χ4v) is 6.32. The zero-order valence-electron chi connectivity index (χ0n) is 26.1. The van der Waals surface area contributed by atoms with E-state index >= 15 is 0 Å². The van der Waals surface area contributed by atoms with Gasteiger partial charge in [0.15, 0.2) is 0 Å². The third-order valence-corrected chi connectivity index (χ3v) is 8.62. The molecule has 1 aliphatic heterocycles. The van der Waals surface area contributed by atoms with Crippen molar-refractivity contribution < 1.29 is 37.8 Å². The minimum atomic E-state index is -4.11. The highest BCUT2D eigenvalue weighted by Crippen LogP contribution is 2.45. The summed E-state index contributed by atoms with van der Waals surface area (Å²) >= 11 is 0. The van der Waals surface area contributed by atoms with Gasteiger partial charge < -0.3 is 24.6 Å². The van der Waals surface area contributed by atoms with Gasteiger partial charge in [0.05, 0.1) is 6.16 Å². The molecule has 44 heavy (non-hydrogen) atoms. The standard InChI is InChI=1S/C33H47N2O8P/c1-33(2,3)42-32(38)34-22-12-10-21-29(43-44(39,40)24-13-11-17-26-15-6-4-7-16-26)30(36)35-23-14-20-28(35)31(37)41-25-27-18-8-5-9-19-27/h4-9,15-16,18-19,28-29H,10-14,17,20-25H2,1-3H3,(H,34,38)(H,39,40)/t28-,29-/m0/s1. The van der Waals surface area contributed by atoms with E-state index in [0.717, 1.165) is 17.5 Å². The van der Waals surface area contributed by atoms with Gasteiger partial charge in [0, 0.05) is 13.1 Å². The number of ether oxygens (including phenoxy) is 2. The van der Waals surface area contributed by atoms with E-state index in [-0.39, 0.29) is 19.2 Å². The number of nitrogens with zero attached hydrogens (tertiary/aromatic N) is 1. The summed E-state index contributed by atoms with van der Waals surface area (Å²) in [6, 6.07) is 18.4. The fraction of sp³-hybridized carbons (Fsp3) is 0.545. The summed E-state index contributed by atoms with van der Waals surface area (Å²) in [7, 11) is -4.11. The van der Waals surface area contributed by atoms with Crippen LogP contribution in [0, 0.1) is 0 Å². The topological polar surface area (TPSA) is 131 Å². The number of esters is 1. The van der Waals surface area contributed by atoms with Gasteiger partial charge in [-0.15, -0.1) is 0 Å². The highest BCUT2D eigenvalue weighted by molar-refractivity contribution is 7.52. The lowest BCUT2D eigenvalue weighted by molar-refractivity contribution is -0.156. The number of likely N-dealkylation sites (tertiary alicyclic amines) is 1. The molecule has 1 heterocycles. The molecule has 3 atom stereocenters. The number of alkyl carbamates (subject to hydrolysis) is 1. The average molecular weight is 631 g/mol. The molecule has 3 rings (SSSR count). The van der Waals surface area contributed by atoms with Gasteiger partial charge in [-0.1, -0.05) is 60.7 Å². The molecule has 0 aromatic heterocycles. The van der Waals surface area contributed by atoms with Gasteiger partial charge in [0.2, 0.25) is 0 Å². The van der Waals surface area contributed by atoms with Crippen LogP contribution in [-0.4, -0.2) is 64.8 Å². The predicted octanol–water partition coefficient (Wildman–Crippen LogP) is 6.01. The second-order valence-corrected chi connectivity index (χ2v) is 14.0. The molecule has 0 saturated carbocycles. The minimum Gasteiger partial charge on any atom is -0.459 e. The van der Waals surface area contributed by atoms with Crippen LogP contribution < -0.4 is 5.32 Å². The Morgan fingerprint density at radius 2 is 1.64 bits per heavy atom. The Hall–Kier alpha value is -3.20. The van der Waals surface area contributed by atoms with Crippen LogP contribution in [0.4, 0.5) is 4.79 Å². The molecule has 1 aliphatic rings. The van der Waals surface area contributed by atoms with E-state index < -0.39 is 43.3 Å². The van der Waals surface area contributed by atoms with Gasteiger partial charge in [-0.05, 0) is 83.3 Å². The Bertz CT molecular complexity index is 1240. The van der Waals surface area contributed by atoms with Gasteiger partial charge in [-0.3, -0.25) is 13.9 Å². The number of rotatable bonds is 16. The smallest absolute Gasteiger partial charge is 0.407 e. The molecule has 1 saturated heterocycles. The van der Waals surface area contributed by atoms with E-state index in [1.54, 1.807) is 20.8 Å². The summed E-state index contributed by atoms with van der Waals surface area (Å²) in [5.41, 5.74) is 1.37. The number of amides is 2. The van der Waals surface area contributed by atoms with Gasteiger partial charge >= 0.3 is 19.7 Å². The minimum absolute atomic E-state index is 0.0770. The van der Waals surface area contributed by atoms with Crippen molar-refractivity contribution in [3.63, 3.8) is 0 Å². The van der Waals surface area contributed by atoms with Crippen LogP contribution >= 0.6 is 7.60 Å². The third-order valence-electron chi connectivity index (χ3n) is 7.16. The maximum Gasteiger partial charge on any atom is 0.407 e. The molecule has 1 fully saturated rings. The van der Waals surface area contributed by atoms with Crippen LogP contribution in [0.1, 0.15) is 76.8 Å². The third kappa shape index (κ3) is 12.8. The van der Waals surface area contributed by atoms with Crippen molar-refractivity contribution in [3.8, 4) is 0 Å². The lowest BCUT2D eigenvalue weighted by Crippen LogP contribution is -2.46. The zero-order valence-corrected chi connectivity index (χ0v) is 27.0. The molecule has 2 aromatic rings. The summed E-state index contributed by atoms with van der Waals surface area (Å²) in [6.07, 6.45) is 2.28. The maximum atomic E-state index is 13.7. The first-order valence-electron chi connectivity index (χ1n) is 15.5. The Morgan fingerprint density at radius 1 is 0.977 bits per heavy atom. The number of carbonyl (C=O) groups excluding carboxylic acids is 3. The quantitative estimate of drug-likeness (QED) is 0.131. The fourth-order valence-electron chi connectivity index (χ4n) is 5.00. The molecule has 2 amide bonds. The SMILES string of the molecule is CC(C)(C)OC(=O)NCCCC[C@H](OP(=O)(O)CCCCc1ccccc1)C(=O)N1CCC[C@H]1C(=O)OCc1ccccc1. The van der Waals surface area contributed by atoms with Crippen molar-refractivity contribution >= 4 is 25.6 Å². The van der Waals surface area contributed by atoms with Crippen LogP contribution in [0.25, 0.3) is 0 Å². The number of benzene rings is 2. The second kappa shape index (κ2) is 17.3. The molecule has 11 heteroatoms. The average Bonchev–Trinajstić information content (AvgIpc) is 3.47. The van der Waals surface area contributed by atoms with Crippen molar-refractivity contribution in [1.29, 1.82) is 0 Å². The molecule has 242 valence electrons. The molecular weight excluding hydrogens is 583 g/mol. The first-order chi connectivity index (χ1) is 20.9.